The van der Waals surface area contributed by atoms with Gasteiger partial charge in [-0.1, -0.05) is 18.2 Å². The van der Waals surface area contributed by atoms with Gasteiger partial charge in [-0.2, -0.15) is 0 Å². The molecule has 0 saturated heterocycles. The molecule has 1 heterocycles. The Labute approximate surface area is 110 Å². The molecule has 0 saturated carbocycles. The number of ether oxygens (including phenoxy) is 1. The summed E-state index contributed by atoms with van der Waals surface area (Å²) in [5.41, 5.74) is 6.83. The fourth-order valence-electron chi connectivity index (χ4n) is 1.65. The first kappa shape index (κ1) is 13.0. The Morgan fingerprint density at radius 2 is 2.16 bits per heavy atom. The number of nitrogens with two attached hydrogens (primary N) is 1. The highest BCUT2D eigenvalue weighted by atomic mass is 16.6. The standard InChI is InChI=1S/C13H13N3O3/c1-9-3-2-4-11(13(9)16(17)18)19-12-6-5-10(7-14)8-15-12/h2-6,8H,7,14H2,1H3. The summed E-state index contributed by atoms with van der Waals surface area (Å²) >= 11 is 0. The quantitative estimate of drug-likeness (QED) is 0.673. The van der Waals surface area contributed by atoms with E-state index in [0.717, 1.165) is 5.56 Å². The lowest BCUT2D eigenvalue weighted by Gasteiger charge is -2.07. The Kier molecular flexibility index (Phi) is 3.72. The van der Waals surface area contributed by atoms with Crippen LogP contribution < -0.4 is 10.5 Å². The van der Waals surface area contributed by atoms with Crippen molar-refractivity contribution < 1.29 is 9.66 Å². The van der Waals surface area contributed by atoms with Gasteiger partial charge >= 0.3 is 5.69 Å². The minimum Gasteiger partial charge on any atom is -0.432 e. The first-order chi connectivity index (χ1) is 9.11. The molecule has 1 aromatic heterocycles. The van der Waals surface area contributed by atoms with Crippen LogP contribution in [0.5, 0.6) is 11.6 Å². The number of hydrogen-bond donors (Lipinski definition) is 1. The molecule has 2 aromatic rings. The van der Waals surface area contributed by atoms with E-state index >= 15 is 0 Å². The van der Waals surface area contributed by atoms with Crippen molar-refractivity contribution in [2.75, 3.05) is 0 Å². The van der Waals surface area contributed by atoms with E-state index in [9.17, 15) is 10.1 Å². The van der Waals surface area contributed by atoms with Crippen LogP contribution in [0.3, 0.4) is 0 Å². The Bertz CT molecular complexity index is 597. The smallest absolute Gasteiger partial charge is 0.314 e. The zero-order valence-electron chi connectivity index (χ0n) is 10.4. The van der Waals surface area contributed by atoms with Crippen molar-refractivity contribution in [3.05, 3.63) is 57.8 Å². The number of para-hydroxylation sites is 1. The Hall–Kier alpha value is -2.47. The summed E-state index contributed by atoms with van der Waals surface area (Å²) in [6, 6.07) is 8.31. The van der Waals surface area contributed by atoms with Crippen molar-refractivity contribution in [3.8, 4) is 11.6 Å². The molecule has 6 heteroatoms. The van der Waals surface area contributed by atoms with Crippen molar-refractivity contribution in [2.24, 2.45) is 5.73 Å². The number of rotatable bonds is 4. The van der Waals surface area contributed by atoms with E-state index in [4.69, 9.17) is 10.5 Å². The van der Waals surface area contributed by atoms with E-state index in [1.807, 2.05) is 0 Å². The van der Waals surface area contributed by atoms with Gasteiger partial charge in [0.15, 0.2) is 0 Å². The van der Waals surface area contributed by atoms with E-state index in [1.54, 1.807) is 43.5 Å². The SMILES string of the molecule is Cc1cccc(Oc2ccc(CN)cn2)c1[N+](=O)[O-]. The lowest BCUT2D eigenvalue weighted by atomic mass is 10.2. The summed E-state index contributed by atoms with van der Waals surface area (Å²) in [6.45, 7) is 2.05. The molecule has 98 valence electrons. The summed E-state index contributed by atoms with van der Waals surface area (Å²) in [5, 5.41) is 11.0. The Balaban J connectivity index is 2.32. The summed E-state index contributed by atoms with van der Waals surface area (Å²) in [4.78, 5) is 14.6. The maximum absolute atomic E-state index is 11.0. The molecule has 1 aromatic carbocycles. The second-order valence-electron chi connectivity index (χ2n) is 3.99. The zero-order valence-corrected chi connectivity index (χ0v) is 10.4. The van der Waals surface area contributed by atoms with Crippen molar-refractivity contribution in [1.82, 2.24) is 4.98 Å². The molecule has 6 nitrogen and oxygen atoms in total. The molecule has 0 bridgehead atoms. The predicted molar refractivity (Wildman–Crippen MR) is 70.0 cm³/mol. The molecule has 0 aliphatic rings. The van der Waals surface area contributed by atoms with E-state index in [1.165, 1.54) is 0 Å². The molecule has 19 heavy (non-hydrogen) atoms. The Morgan fingerprint density at radius 1 is 1.37 bits per heavy atom. The number of pyridine rings is 1. The summed E-state index contributed by atoms with van der Waals surface area (Å²) in [5.74, 6) is 0.476. The normalized spacial score (nSPS) is 10.2. The van der Waals surface area contributed by atoms with Gasteiger partial charge in [-0.25, -0.2) is 4.98 Å². The Morgan fingerprint density at radius 3 is 2.74 bits per heavy atom. The van der Waals surface area contributed by atoms with Crippen LogP contribution in [0.15, 0.2) is 36.5 Å². The van der Waals surface area contributed by atoms with Gasteiger partial charge in [-0.15, -0.1) is 0 Å². The van der Waals surface area contributed by atoms with Gasteiger partial charge in [0.2, 0.25) is 11.6 Å². The molecule has 0 fully saturated rings. The zero-order chi connectivity index (χ0) is 13.8. The van der Waals surface area contributed by atoms with E-state index in [0.29, 0.717) is 18.0 Å². The van der Waals surface area contributed by atoms with Gasteiger partial charge in [-0.05, 0) is 18.6 Å². The largest absolute Gasteiger partial charge is 0.432 e. The van der Waals surface area contributed by atoms with Crippen LogP contribution in [-0.4, -0.2) is 9.91 Å². The molecule has 2 N–H and O–H groups in total. The van der Waals surface area contributed by atoms with Crippen LogP contribution in [-0.2, 0) is 6.54 Å². The second kappa shape index (κ2) is 5.45. The van der Waals surface area contributed by atoms with E-state index < -0.39 is 4.92 Å². The number of benzene rings is 1. The van der Waals surface area contributed by atoms with Crippen LogP contribution in [0, 0.1) is 17.0 Å². The van der Waals surface area contributed by atoms with Gasteiger partial charge in [0, 0.05) is 24.4 Å². The van der Waals surface area contributed by atoms with Gasteiger partial charge in [0.05, 0.1) is 4.92 Å². The van der Waals surface area contributed by atoms with Crippen LogP contribution in [0.2, 0.25) is 0 Å². The highest BCUT2D eigenvalue weighted by Gasteiger charge is 2.18. The molecule has 2 rings (SSSR count). The molecular formula is C13H13N3O3. The fourth-order valence-corrected chi connectivity index (χ4v) is 1.65. The number of nitrogens with zero attached hydrogens (tertiary/aromatic N) is 2. The third-order valence-corrected chi connectivity index (χ3v) is 2.63. The fraction of sp³-hybridized carbons (Fsp3) is 0.154. The molecule has 0 aliphatic carbocycles. The molecule has 0 aliphatic heterocycles. The molecule has 0 atom stereocenters. The predicted octanol–water partition coefficient (Wildman–Crippen LogP) is 2.55. The number of hydrogen-bond acceptors (Lipinski definition) is 5. The highest BCUT2D eigenvalue weighted by Crippen LogP contribution is 2.33. The number of aryl methyl sites for hydroxylation is 1. The highest BCUT2D eigenvalue weighted by molar-refractivity contribution is 5.53. The second-order valence-corrected chi connectivity index (χ2v) is 3.99. The average molecular weight is 259 g/mol. The van der Waals surface area contributed by atoms with E-state index in [2.05, 4.69) is 4.98 Å². The number of nitro groups is 1. The van der Waals surface area contributed by atoms with Crippen molar-refractivity contribution in [3.63, 3.8) is 0 Å². The summed E-state index contributed by atoms with van der Waals surface area (Å²) < 4.78 is 5.46. The van der Waals surface area contributed by atoms with Gasteiger partial charge in [-0.3, -0.25) is 10.1 Å². The minimum absolute atomic E-state index is 0.0489. The maximum atomic E-state index is 11.0. The van der Waals surface area contributed by atoms with Gasteiger partial charge in [0.25, 0.3) is 0 Å². The molecule has 0 radical (unpaired) electrons. The van der Waals surface area contributed by atoms with Gasteiger partial charge in [0.1, 0.15) is 0 Å². The molecule has 0 spiro atoms. The average Bonchev–Trinajstić information content (AvgIpc) is 2.39. The topological polar surface area (TPSA) is 91.3 Å². The summed E-state index contributed by atoms with van der Waals surface area (Å²) in [6.07, 6.45) is 1.58. The van der Waals surface area contributed by atoms with Crippen LogP contribution in [0.4, 0.5) is 5.69 Å². The third kappa shape index (κ3) is 2.86. The maximum Gasteiger partial charge on any atom is 0.314 e. The van der Waals surface area contributed by atoms with E-state index in [-0.39, 0.29) is 11.4 Å². The third-order valence-electron chi connectivity index (χ3n) is 2.63. The first-order valence-electron chi connectivity index (χ1n) is 5.68. The first-order valence-corrected chi connectivity index (χ1v) is 5.68. The number of nitro benzene ring substituents is 1. The summed E-state index contributed by atoms with van der Waals surface area (Å²) in [7, 11) is 0. The number of aromatic nitrogens is 1. The van der Waals surface area contributed by atoms with Crippen molar-refractivity contribution >= 4 is 5.69 Å². The molecule has 0 unspecified atom stereocenters. The van der Waals surface area contributed by atoms with Crippen LogP contribution >= 0.6 is 0 Å². The van der Waals surface area contributed by atoms with Gasteiger partial charge < -0.3 is 10.5 Å². The monoisotopic (exact) mass is 259 g/mol. The van der Waals surface area contributed by atoms with Crippen molar-refractivity contribution in [2.45, 2.75) is 13.5 Å². The molecular weight excluding hydrogens is 246 g/mol. The van der Waals surface area contributed by atoms with Crippen LogP contribution in [0.25, 0.3) is 0 Å². The lowest BCUT2D eigenvalue weighted by molar-refractivity contribution is -0.386. The van der Waals surface area contributed by atoms with Crippen molar-refractivity contribution in [1.29, 1.82) is 0 Å². The van der Waals surface area contributed by atoms with Crippen LogP contribution in [0.1, 0.15) is 11.1 Å². The minimum atomic E-state index is -0.459. The lowest BCUT2D eigenvalue weighted by Crippen LogP contribution is -1.99. The molecule has 0 amide bonds.